The Labute approximate surface area is 412 Å². The van der Waals surface area contributed by atoms with Crippen LogP contribution in [0, 0.1) is 0 Å². The molecule has 0 aliphatic heterocycles. The predicted octanol–water partition coefficient (Wildman–Crippen LogP) is 3.48. The van der Waals surface area contributed by atoms with E-state index in [0.717, 1.165) is 0 Å². The Morgan fingerprint density at radius 2 is 0.592 bits per heavy atom. The Kier molecular flexibility index (Phi) is 29.7. The van der Waals surface area contributed by atoms with Gasteiger partial charge in [0.25, 0.3) is 17.7 Å². The number of nitrogens with one attached hydrogen (secondary N) is 5. The van der Waals surface area contributed by atoms with Crippen LogP contribution in [0.1, 0.15) is 77.0 Å². The molecule has 71 heavy (non-hydrogen) atoms. The van der Waals surface area contributed by atoms with Crippen molar-refractivity contribution < 1.29 is 71.6 Å². The van der Waals surface area contributed by atoms with Gasteiger partial charge in [-0.3, -0.25) is 24.0 Å². The monoisotopic (exact) mass is 985 g/mol. The summed E-state index contributed by atoms with van der Waals surface area (Å²) in [5.74, 6) is -4.62. The first-order valence-corrected chi connectivity index (χ1v) is 21.9. The maximum absolute atomic E-state index is 12.3. The number of rotatable bonds is 23. The third kappa shape index (κ3) is 24.4. The van der Waals surface area contributed by atoms with Crippen molar-refractivity contribution in [3.63, 3.8) is 0 Å². The highest BCUT2D eigenvalue weighted by Gasteiger charge is 2.24. The van der Waals surface area contributed by atoms with Crippen molar-refractivity contribution in [2.45, 2.75) is 76.2 Å². The van der Waals surface area contributed by atoms with Crippen LogP contribution in [0.15, 0.2) is 128 Å². The van der Waals surface area contributed by atoms with Gasteiger partial charge in [-0.15, -0.1) is 6.58 Å². The number of carbonyl (C=O) groups is 10. The summed E-state index contributed by atoms with van der Waals surface area (Å²) in [5.41, 5.74) is 1.34. The third-order valence-corrected chi connectivity index (χ3v) is 9.43. The lowest BCUT2D eigenvalue weighted by Crippen LogP contribution is -2.41. The van der Waals surface area contributed by atoms with Crippen molar-refractivity contribution >= 4 is 59.4 Å². The third-order valence-electron chi connectivity index (χ3n) is 9.43. The highest BCUT2D eigenvalue weighted by atomic mass is 16.5. The lowest BCUT2D eigenvalue weighted by atomic mass is 10.1. The van der Waals surface area contributed by atoms with Crippen molar-refractivity contribution in [1.29, 1.82) is 0 Å². The summed E-state index contributed by atoms with van der Waals surface area (Å²) < 4.78 is 23.3. The second-order valence-corrected chi connectivity index (χ2v) is 14.7. The molecule has 20 nitrogen and oxygen atoms in total. The van der Waals surface area contributed by atoms with E-state index in [1.165, 1.54) is 49.4 Å². The van der Waals surface area contributed by atoms with E-state index in [1.54, 1.807) is 115 Å². The van der Waals surface area contributed by atoms with Gasteiger partial charge >= 0.3 is 29.8 Å². The van der Waals surface area contributed by atoms with Gasteiger partial charge in [0.15, 0.2) is 0 Å². The summed E-state index contributed by atoms with van der Waals surface area (Å²) in [5, 5.41) is 12.8. The molecule has 0 aromatic heterocycles. The quantitative estimate of drug-likeness (QED) is 0.0517. The number of methoxy groups -OCH3 is 5. The van der Waals surface area contributed by atoms with Crippen LogP contribution in [0.5, 0.6) is 0 Å². The first kappa shape index (κ1) is 60.6. The molecule has 0 radical (unpaired) electrons. The molecule has 0 saturated carbocycles. The average molecular weight is 986 g/mol. The van der Waals surface area contributed by atoms with Gasteiger partial charge < -0.3 is 50.3 Å². The van der Waals surface area contributed by atoms with Crippen molar-refractivity contribution in [3.8, 4) is 0 Å². The summed E-state index contributed by atoms with van der Waals surface area (Å²) in [6.07, 6.45) is 9.12. The van der Waals surface area contributed by atoms with Crippen LogP contribution in [0.3, 0.4) is 0 Å². The Balaban J connectivity index is 0.000000564. The molecular weight excluding hydrogens is 923 g/mol. The first-order chi connectivity index (χ1) is 34.0. The zero-order valence-corrected chi connectivity index (χ0v) is 40.8. The zero-order chi connectivity index (χ0) is 53.1. The van der Waals surface area contributed by atoms with Gasteiger partial charge in [-0.05, 0) is 68.5 Å². The predicted molar refractivity (Wildman–Crippen MR) is 260 cm³/mol. The van der Waals surface area contributed by atoms with Gasteiger partial charge in [-0.2, -0.15) is 0 Å². The fraction of sp³-hybridized carbons (Fsp3) is 0.333. The fourth-order valence-corrected chi connectivity index (χ4v) is 5.86. The highest BCUT2D eigenvalue weighted by molar-refractivity contribution is 5.98. The van der Waals surface area contributed by atoms with Crippen LogP contribution < -0.4 is 26.6 Å². The molecule has 0 fully saturated rings. The number of benzene rings is 3. The molecule has 382 valence electrons. The molecule has 1 unspecified atom stereocenters. The smallest absolute Gasteiger partial charge is 0.328 e. The number of ether oxygens (including phenoxy) is 5. The van der Waals surface area contributed by atoms with Gasteiger partial charge in [0.2, 0.25) is 11.8 Å². The van der Waals surface area contributed by atoms with Gasteiger partial charge in [0.1, 0.15) is 30.2 Å². The lowest BCUT2D eigenvalue weighted by molar-refractivity contribution is -0.145. The van der Waals surface area contributed by atoms with Crippen LogP contribution in [0.4, 0.5) is 0 Å². The standard InChI is InChI=1S/C24H26N2O6.C14H22N2O6.C13H15NO3/c1-31-23(29)19(25-21(27)17-11-5-3-6-12-17)15-9-10-16-20(24(30)32-2)26-22(28)18-13-7-4-8-14-18;1-9(17)15-11(13(19)21-3)7-5-6-8-12(14(20)22-4)16-10(2)18;1-3-7-11(13(16)17-2)14-12(15)10-8-5-4-6-9-10/h3-14,19-20H,15-16H2,1-2H3,(H,25,27)(H,26,28);5-6,11-12H,7-8H2,1-4H3,(H,15,17)(H,16,18);3-6,8-9,11H,1,7H2,2H3,(H,14,15)/t19-,20?;11-,12-;11-/m000/s1. The Morgan fingerprint density at radius 1 is 0.380 bits per heavy atom. The summed E-state index contributed by atoms with van der Waals surface area (Å²) in [4.78, 5) is 117. The van der Waals surface area contributed by atoms with Gasteiger partial charge in [-0.25, -0.2) is 24.0 Å². The number of amides is 5. The molecule has 0 spiro atoms. The van der Waals surface area contributed by atoms with Crippen LogP contribution in [-0.2, 0) is 57.2 Å². The second kappa shape index (κ2) is 34.8. The van der Waals surface area contributed by atoms with Crippen molar-refractivity contribution in [3.05, 3.63) is 145 Å². The molecule has 3 rings (SSSR count). The van der Waals surface area contributed by atoms with E-state index >= 15 is 0 Å². The maximum Gasteiger partial charge on any atom is 0.328 e. The van der Waals surface area contributed by atoms with E-state index in [1.807, 2.05) is 6.07 Å². The molecule has 0 bridgehead atoms. The first-order valence-electron chi connectivity index (χ1n) is 21.9. The number of hydrogen-bond donors (Lipinski definition) is 5. The molecule has 0 aliphatic rings. The molecule has 20 heteroatoms. The van der Waals surface area contributed by atoms with Crippen LogP contribution in [-0.4, -0.2) is 125 Å². The summed E-state index contributed by atoms with van der Waals surface area (Å²) in [6, 6.07) is 21.6. The number of carbonyl (C=O) groups excluding carboxylic acids is 10. The van der Waals surface area contributed by atoms with E-state index in [4.69, 9.17) is 9.47 Å². The van der Waals surface area contributed by atoms with Crippen molar-refractivity contribution in [2.24, 2.45) is 0 Å². The van der Waals surface area contributed by atoms with E-state index in [0.29, 0.717) is 23.1 Å². The maximum atomic E-state index is 12.3. The molecule has 0 saturated heterocycles. The Hall–Kier alpha value is -8.42. The Bertz CT molecular complexity index is 2150. The van der Waals surface area contributed by atoms with E-state index < -0.39 is 71.9 Å². The van der Waals surface area contributed by atoms with Crippen LogP contribution >= 0.6 is 0 Å². The topological polar surface area (TPSA) is 277 Å². The molecule has 0 aliphatic carbocycles. The molecule has 3 aromatic rings. The largest absolute Gasteiger partial charge is 0.467 e. The molecular formula is C51H63N5O15. The molecule has 0 heterocycles. The Morgan fingerprint density at radius 3 is 0.789 bits per heavy atom. The van der Waals surface area contributed by atoms with Crippen molar-refractivity contribution in [1.82, 2.24) is 26.6 Å². The minimum Gasteiger partial charge on any atom is -0.467 e. The van der Waals surface area contributed by atoms with Gasteiger partial charge in [0, 0.05) is 30.5 Å². The summed E-state index contributed by atoms with van der Waals surface area (Å²) in [6.45, 7) is 6.13. The summed E-state index contributed by atoms with van der Waals surface area (Å²) in [7, 11) is 6.21. The number of esters is 5. The normalized spacial score (nSPS) is 12.4. The molecule has 3 aromatic carbocycles. The minimum absolute atomic E-state index is 0.145. The van der Waals surface area contributed by atoms with E-state index in [9.17, 15) is 47.9 Å². The number of hydrogen-bond acceptors (Lipinski definition) is 15. The second-order valence-electron chi connectivity index (χ2n) is 14.7. The highest BCUT2D eigenvalue weighted by Crippen LogP contribution is 2.08. The van der Waals surface area contributed by atoms with E-state index in [-0.39, 0.29) is 43.4 Å². The summed E-state index contributed by atoms with van der Waals surface area (Å²) >= 11 is 0. The lowest BCUT2D eigenvalue weighted by Gasteiger charge is -2.16. The zero-order valence-electron chi connectivity index (χ0n) is 40.8. The molecule has 5 atom stereocenters. The minimum atomic E-state index is -0.903. The van der Waals surface area contributed by atoms with Crippen LogP contribution in [0.2, 0.25) is 0 Å². The van der Waals surface area contributed by atoms with Crippen molar-refractivity contribution in [2.75, 3.05) is 35.5 Å². The molecule has 5 amide bonds. The van der Waals surface area contributed by atoms with Gasteiger partial charge in [-0.1, -0.05) is 85.0 Å². The fourth-order valence-electron chi connectivity index (χ4n) is 5.86. The average Bonchev–Trinajstić information content (AvgIpc) is 3.38. The molecule has 5 N–H and O–H groups in total. The SMILES string of the molecule is C=CC[C@H](NC(=O)c1ccccc1)C(=O)OC.COC(=O)C(CC=CC[C@H](NC(=O)c1ccccc1)C(=O)OC)NC(=O)c1ccccc1.COC(=O)[C@H](CC=CC[C@H](NC(C)=O)C(=O)OC)NC(C)=O. The van der Waals surface area contributed by atoms with Crippen LogP contribution in [0.25, 0.3) is 0 Å². The van der Waals surface area contributed by atoms with E-state index in [2.05, 4.69) is 47.4 Å². The van der Waals surface area contributed by atoms with Gasteiger partial charge in [0.05, 0.1) is 35.5 Å².